The summed E-state index contributed by atoms with van der Waals surface area (Å²) in [5.41, 5.74) is 1.49. The smallest absolute Gasteiger partial charge is 0.167 e. The van der Waals surface area contributed by atoms with Crippen molar-refractivity contribution in [1.29, 1.82) is 0 Å². The molecule has 0 radical (unpaired) electrons. The SMILES string of the molecule is OC(Cc1cccc(Cl)c1Cl)c1cccc2c1OCCO2. The second-order valence-corrected chi connectivity index (χ2v) is 5.59. The highest BCUT2D eigenvalue weighted by molar-refractivity contribution is 6.42. The summed E-state index contributed by atoms with van der Waals surface area (Å²) in [6.45, 7) is 1.00. The highest BCUT2D eigenvalue weighted by Crippen LogP contribution is 2.38. The summed E-state index contributed by atoms with van der Waals surface area (Å²) in [6.07, 6.45) is -0.378. The number of halogens is 2. The van der Waals surface area contributed by atoms with Crippen LogP contribution in [0.3, 0.4) is 0 Å². The third-order valence-electron chi connectivity index (χ3n) is 3.40. The Kier molecular flexibility index (Phi) is 4.24. The predicted octanol–water partition coefficient (Wildman–Crippen LogP) is 4.04. The van der Waals surface area contributed by atoms with E-state index >= 15 is 0 Å². The van der Waals surface area contributed by atoms with Gasteiger partial charge in [-0.15, -0.1) is 0 Å². The molecule has 0 amide bonds. The Morgan fingerprint density at radius 2 is 1.81 bits per heavy atom. The van der Waals surface area contributed by atoms with Crippen molar-refractivity contribution in [2.75, 3.05) is 13.2 Å². The van der Waals surface area contributed by atoms with Gasteiger partial charge in [-0.2, -0.15) is 0 Å². The van der Waals surface area contributed by atoms with Crippen LogP contribution in [0.25, 0.3) is 0 Å². The molecule has 0 aliphatic carbocycles. The highest BCUT2D eigenvalue weighted by Gasteiger charge is 2.21. The molecule has 21 heavy (non-hydrogen) atoms. The molecule has 5 heteroatoms. The first-order valence-electron chi connectivity index (χ1n) is 6.66. The third-order valence-corrected chi connectivity index (χ3v) is 4.26. The summed E-state index contributed by atoms with van der Waals surface area (Å²) < 4.78 is 11.1. The van der Waals surface area contributed by atoms with Crippen LogP contribution < -0.4 is 9.47 Å². The number of rotatable bonds is 3. The molecule has 3 nitrogen and oxygen atoms in total. The summed E-state index contributed by atoms with van der Waals surface area (Å²) in [5, 5.41) is 11.5. The lowest BCUT2D eigenvalue weighted by Gasteiger charge is -2.23. The van der Waals surface area contributed by atoms with Crippen LogP contribution in [0.1, 0.15) is 17.2 Å². The Morgan fingerprint density at radius 3 is 2.67 bits per heavy atom. The average Bonchev–Trinajstić information content (AvgIpc) is 2.51. The van der Waals surface area contributed by atoms with Crippen molar-refractivity contribution in [3.63, 3.8) is 0 Å². The molecule has 0 saturated carbocycles. The fraction of sp³-hybridized carbons (Fsp3) is 0.250. The molecule has 0 fully saturated rings. The fourth-order valence-electron chi connectivity index (χ4n) is 2.38. The molecule has 0 aromatic heterocycles. The van der Waals surface area contributed by atoms with E-state index < -0.39 is 6.10 Å². The maximum absolute atomic E-state index is 10.5. The lowest BCUT2D eigenvalue weighted by Crippen LogP contribution is -2.17. The maximum Gasteiger partial charge on any atom is 0.167 e. The van der Waals surface area contributed by atoms with E-state index in [2.05, 4.69) is 0 Å². The first-order valence-corrected chi connectivity index (χ1v) is 7.42. The number of ether oxygens (including phenoxy) is 2. The number of fused-ring (bicyclic) bond motifs is 1. The number of aliphatic hydroxyl groups excluding tert-OH is 1. The Labute approximate surface area is 133 Å². The zero-order valence-electron chi connectivity index (χ0n) is 11.2. The second-order valence-electron chi connectivity index (χ2n) is 4.80. The second kappa shape index (κ2) is 6.14. The van der Waals surface area contributed by atoms with Crippen molar-refractivity contribution in [3.05, 3.63) is 57.6 Å². The van der Waals surface area contributed by atoms with Gasteiger partial charge in [0, 0.05) is 12.0 Å². The molecule has 1 aliphatic rings. The summed E-state index contributed by atoms with van der Waals surface area (Å²) in [6, 6.07) is 10.9. The summed E-state index contributed by atoms with van der Waals surface area (Å²) in [7, 11) is 0. The number of hydrogen-bond acceptors (Lipinski definition) is 3. The predicted molar refractivity (Wildman–Crippen MR) is 82.6 cm³/mol. The molecule has 110 valence electrons. The Morgan fingerprint density at radius 1 is 1.05 bits per heavy atom. The van der Waals surface area contributed by atoms with Crippen LogP contribution in [-0.4, -0.2) is 18.3 Å². The zero-order valence-corrected chi connectivity index (χ0v) is 12.7. The fourth-order valence-corrected chi connectivity index (χ4v) is 2.78. The van der Waals surface area contributed by atoms with Gasteiger partial charge < -0.3 is 14.6 Å². The molecule has 0 saturated heterocycles. The van der Waals surface area contributed by atoms with Gasteiger partial charge in [0.25, 0.3) is 0 Å². The molecular weight excluding hydrogens is 311 g/mol. The number of benzene rings is 2. The molecule has 1 aliphatic heterocycles. The van der Waals surface area contributed by atoms with Crippen molar-refractivity contribution in [1.82, 2.24) is 0 Å². The van der Waals surface area contributed by atoms with E-state index in [1.807, 2.05) is 30.3 Å². The van der Waals surface area contributed by atoms with Gasteiger partial charge in [0.15, 0.2) is 11.5 Å². The van der Waals surface area contributed by atoms with Gasteiger partial charge in [0.1, 0.15) is 13.2 Å². The highest BCUT2D eigenvalue weighted by atomic mass is 35.5. The van der Waals surface area contributed by atoms with E-state index in [1.165, 1.54) is 0 Å². The normalized spacial score (nSPS) is 14.8. The van der Waals surface area contributed by atoms with Gasteiger partial charge in [-0.1, -0.05) is 47.5 Å². The number of hydrogen-bond donors (Lipinski definition) is 1. The topological polar surface area (TPSA) is 38.7 Å². The molecular formula is C16H14Cl2O3. The van der Waals surface area contributed by atoms with Crippen LogP contribution in [0.15, 0.2) is 36.4 Å². The molecule has 1 heterocycles. The molecule has 0 spiro atoms. The van der Waals surface area contributed by atoms with Gasteiger partial charge in [-0.25, -0.2) is 0 Å². The standard InChI is InChI=1S/C16H14Cl2O3/c17-12-5-1-3-10(15(12)18)9-13(19)11-4-2-6-14-16(11)21-8-7-20-14/h1-6,13,19H,7-9H2. The van der Waals surface area contributed by atoms with Gasteiger partial charge in [-0.05, 0) is 17.7 Å². The Balaban J connectivity index is 1.89. The largest absolute Gasteiger partial charge is 0.486 e. The lowest BCUT2D eigenvalue weighted by atomic mass is 10.00. The first kappa shape index (κ1) is 14.5. The van der Waals surface area contributed by atoms with Crippen LogP contribution in [0.4, 0.5) is 0 Å². The minimum atomic E-state index is -0.738. The van der Waals surface area contributed by atoms with Gasteiger partial charge in [0.2, 0.25) is 0 Å². The van der Waals surface area contributed by atoms with Gasteiger partial charge in [0.05, 0.1) is 16.1 Å². The average molecular weight is 325 g/mol. The summed E-state index contributed by atoms with van der Waals surface area (Å²) in [4.78, 5) is 0. The maximum atomic E-state index is 10.5. The van der Waals surface area contributed by atoms with Crippen molar-refractivity contribution in [3.8, 4) is 11.5 Å². The summed E-state index contributed by atoms with van der Waals surface area (Å²) >= 11 is 12.2. The molecule has 2 aromatic rings. The Hall–Kier alpha value is -1.42. The minimum Gasteiger partial charge on any atom is -0.486 e. The van der Waals surface area contributed by atoms with E-state index in [0.29, 0.717) is 46.7 Å². The van der Waals surface area contributed by atoms with E-state index in [-0.39, 0.29) is 0 Å². The van der Waals surface area contributed by atoms with Crippen molar-refractivity contribution in [2.45, 2.75) is 12.5 Å². The zero-order chi connectivity index (χ0) is 14.8. The lowest BCUT2D eigenvalue weighted by molar-refractivity contribution is 0.146. The van der Waals surface area contributed by atoms with E-state index in [4.69, 9.17) is 32.7 Å². The Bertz CT molecular complexity index is 658. The summed E-state index contributed by atoms with van der Waals surface area (Å²) in [5.74, 6) is 1.27. The molecule has 3 rings (SSSR count). The quantitative estimate of drug-likeness (QED) is 0.926. The van der Waals surface area contributed by atoms with Crippen LogP contribution in [-0.2, 0) is 6.42 Å². The van der Waals surface area contributed by atoms with Crippen LogP contribution in [0.2, 0.25) is 10.0 Å². The monoisotopic (exact) mass is 324 g/mol. The molecule has 1 unspecified atom stereocenters. The number of aliphatic hydroxyl groups is 1. The molecule has 0 bridgehead atoms. The van der Waals surface area contributed by atoms with Crippen molar-refractivity contribution < 1.29 is 14.6 Å². The molecule has 1 atom stereocenters. The van der Waals surface area contributed by atoms with Crippen LogP contribution in [0.5, 0.6) is 11.5 Å². The minimum absolute atomic E-state index is 0.360. The van der Waals surface area contributed by atoms with Crippen molar-refractivity contribution in [2.24, 2.45) is 0 Å². The van der Waals surface area contributed by atoms with E-state index in [9.17, 15) is 5.11 Å². The van der Waals surface area contributed by atoms with Gasteiger partial charge >= 0.3 is 0 Å². The first-order chi connectivity index (χ1) is 10.2. The van der Waals surface area contributed by atoms with Crippen molar-refractivity contribution >= 4 is 23.2 Å². The van der Waals surface area contributed by atoms with Crippen LogP contribution >= 0.6 is 23.2 Å². The molecule has 2 aromatic carbocycles. The van der Waals surface area contributed by atoms with Crippen LogP contribution in [0, 0.1) is 0 Å². The van der Waals surface area contributed by atoms with E-state index in [0.717, 1.165) is 5.56 Å². The van der Waals surface area contributed by atoms with E-state index in [1.54, 1.807) is 6.07 Å². The van der Waals surface area contributed by atoms with Gasteiger partial charge in [-0.3, -0.25) is 0 Å². The number of para-hydroxylation sites is 1. The third kappa shape index (κ3) is 2.95. The molecule has 1 N–H and O–H groups in total.